The van der Waals surface area contributed by atoms with Gasteiger partial charge in [-0.1, -0.05) is 45.8 Å². The topological polar surface area (TPSA) is 62.1 Å². The van der Waals surface area contributed by atoms with E-state index in [1.54, 1.807) is 43.5 Å². The molecule has 0 aliphatic carbocycles. The number of aromatic hydroxyl groups is 1. The third kappa shape index (κ3) is 3.96. The number of hydrogen-bond donors (Lipinski definition) is 1. The first kappa shape index (κ1) is 20.2. The van der Waals surface area contributed by atoms with Crippen LogP contribution in [-0.2, 0) is 0 Å². The highest BCUT2D eigenvalue weighted by Crippen LogP contribution is 2.36. The highest BCUT2D eigenvalue weighted by atomic mass is 79.9. The molecule has 4 rings (SSSR count). The van der Waals surface area contributed by atoms with Crippen molar-refractivity contribution in [2.75, 3.05) is 7.11 Å². The molecule has 0 unspecified atom stereocenters. The minimum atomic E-state index is -0.256. The number of benzene rings is 3. The highest BCUT2D eigenvalue weighted by molar-refractivity contribution is 9.10. The van der Waals surface area contributed by atoms with E-state index >= 15 is 0 Å². The maximum Gasteiger partial charge on any atom is 0.274 e. The maximum absolute atomic E-state index is 13.3. The second-order valence-electron chi connectivity index (χ2n) is 7.22. The van der Waals surface area contributed by atoms with Gasteiger partial charge in [-0.3, -0.25) is 4.79 Å². The number of aryl methyl sites for hydroxylation is 1. The van der Waals surface area contributed by atoms with Gasteiger partial charge >= 0.3 is 0 Å². The largest absolute Gasteiger partial charge is 0.507 e. The van der Waals surface area contributed by atoms with Crippen molar-refractivity contribution in [2.24, 2.45) is 5.10 Å². The number of amides is 1. The molecule has 1 aliphatic rings. The number of carbonyl (C=O) groups excluding carboxylic acids is 1. The maximum atomic E-state index is 13.3. The molecule has 0 saturated carbocycles. The fourth-order valence-corrected chi connectivity index (χ4v) is 3.87. The first-order chi connectivity index (χ1) is 14.5. The summed E-state index contributed by atoms with van der Waals surface area (Å²) in [5, 5.41) is 16.5. The van der Waals surface area contributed by atoms with E-state index in [2.05, 4.69) is 21.0 Å². The van der Waals surface area contributed by atoms with Gasteiger partial charge in [0.25, 0.3) is 5.91 Å². The zero-order valence-electron chi connectivity index (χ0n) is 16.7. The molecule has 0 saturated heterocycles. The van der Waals surface area contributed by atoms with Crippen LogP contribution in [0.25, 0.3) is 0 Å². The number of halogens is 1. The molecule has 1 heterocycles. The number of methoxy groups -OCH3 is 1. The third-order valence-corrected chi connectivity index (χ3v) is 5.68. The summed E-state index contributed by atoms with van der Waals surface area (Å²) in [4.78, 5) is 13.3. The first-order valence-corrected chi connectivity index (χ1v) is 10.4. The lowest BCUT2D eigenvalue weighted by atomic mass is 9.97. The summed E-state index contributed by atoms with van der Waals surface area (Å²) >= 11 is 3.45. The average molecular weight is 465 g/mol. The van der Waals surface area contributed by atoms with E-state index in [9.17, 15) is 9.90 Å². The van der Waals surface area contributed by atoms with Crippen LogP contribution in [-0.4, -0.2) is 28.8 Å². The van der Waals surface area contributed by atoms with Crippen LogP contribution in [0.1, 0.15) is 39.5 Å². The van der Waals surface area contributed by atoms with E-state index in [0.717, 1.165) is 15.6 Å². The van der Waals surface area contributed by atoms with Crippen LogP contribution >= 0.6 is 15.9 Å². The smallest absolute Gasteiger partial charge is 0.274 e. The van der Waals surface area contributed by atoms with Crippen molar-refractivity contribution in [3.63, 3.8) is 0 Å². The molecular formula is C24H21BrN2O3. The molecule has 6 heteroatoms. The predicted octanol–water partition coefficient (Wildman–Crippen LogP) is 5.46. The Kier molecular flexibility index (Phi) is 5.59. The van der Waals surface area contributed by atoms with Gasteiger partial charge in [0, 0.05) is 22.0 Å². The highest BCUT2D eigenvalue weighted by Gasteiger charge is 2.34. The summed E-state index contributed by atoms with van der Waals surface area (Å²) in [6.07, 6.45) is 0.509. The predicted molar refractivity (Wildman–Crippen MR) is 120 cm³/mol. The molecular weight excluding hydrogens is 444 g/mol. The van der Waals surface area contributed by atoms with Gasteiger partial charge < -0.3 is 9.84 Å². The van der Waals surface area contributed by atoms with E-state index in [1.165, 1.54) is 5.01 Å². The lowest BCUT2D eigenvalue weighted by Crippen LogP contribution is -2.27. The molecule has 1 aliphatic heterocycles. The summed E-state index contributed by atoms with van der Waals surface area (Å²) in [5.74, 6) is 0.623. The summed E-state index contributed by atoms with van der Waals surface area (Å²) in [7, 11) is 1.59. The Morgan fingerprint density at radius 2 is 1.80 bits per heavy atom. The van der Waals surface area contributed by atoms with Gasteiger partial charge in [0.1, 0.15) is 11.5 Å². The van der Waals surface area contributed by atoms with Crippen LogP contribution in [0.4, 0.5) is 0 Å². The van der Waals surface area contributed by atoms with E-state index in [4.69, 9.17) is 4.74 Å². The molecule has 5 nitrogen and oxygen atoms in total. The Morgan fingerprint density at radius 1 is 1.10 bits per heavy atom. The molecule has 1 atom stereocenters. The normalized spacial score (nSPS) is 15.8. The number of hydrogen-bond acceptors (Lipinski definition) is 4. The van der Waals surface area contributed by atoms with E-state index < -0.39 is 0 Å². The number of phenols is 1. The number of nitrogens with zero attached hydrogens (tertiary/aromatic N) is 2. The van der Waals surface area contributed by atoms with E-state index in [0.29, 0.717) is 29.0 Å². The molecule has 152 valence electrons. The quantitative estimate of drug-likeness (QED) is 0.557. The van der Waals surface area contributed by atoms with Crippen molar-refractivity contribution >= 4 is 27.5 Å². The van der Waals surface area contributed by atoms with Gasteiger partial charge in [0.05, 0.1) is 18.9 Å². The lowest BCUT2D eigenvalue weighted by molar-refractivity contribution is 0.0711. The molecule has 0 radical (unpaired) electrons. The average Bonchev–Trinajstić information content (AvgIpc) is 3.20. The first-order valence-electron chi connectivity index (χ1n) is 9.57. The molecule has 1 amide bonds. The molecule has 0 fully saturated rings. The number of ether oxygens (including phenoxy) is 1. The number of rotatable bonds is 4. The van der Waals surface area contributed by atoms with Gasteiger partial charge in [-0.25, -0.2) is 5.01 Å². The zero-order chi connectivity index (χ0) is 21.3. The van der Waals surface area contributed by atoms with Crippen molar-refractivity contribution in [3.8, 4) is 11.5 Å². The molecule has 0 aromatic heterocycles. The SMILES string of the molecule is COc1ccc(C(=O)N2N=C(c3cc(Br)ccc3O)C[C@@H]2c2ccc(C)cc2)cc1. The Morgan fingerprint density at radius 3 is 2.47 bits per heavy atom. The Hall–Kier alpha value is -3.12. The summed E-state index contributed by atoms with van der Waals surface area (Å²) in [6, 6.07) is 20.0. The molecule has 0 spiro atoms. The van der Waals surface area contributed by atoms with Gasteiger partial charge in [0.15, 0.2) is 0 Å². The Bertz CT molecular complexity index is 1110. The van der Waals surface area contributed by atoms with Crippen LogP contribution in [0.2, 0.25) is 0 Å². The van der Waals surface area contributed by atoms with Crippen molar-refractivity contribution in [3.05, 3.63) is 93.5 Å². The standard InChI is InChI=1S/C24H21BrN2O3/c1-15-3-5-16(6-4-15)22-14-21(20-13-18(25)9-12-23(20)28)26-27(22)24(29)17-7-10-19(30-2)11-8-17/h3-13,22,28H,14H2,1-2H3/t22-/m1/s1. The van der Waals surface area contributed by atoms with E-state index in [-0.39, 0.29) is 17.7 Å². The number of hydrazone groups is 1. The number of carbonyl (C=O) groups is 1. The lowest BCUT2D eigenvalue weighted by Gasteiger charge is -2.22. The van der Waals surface area contributed by atoms with Crippen LogP contribution in [0.5, 0.6) is 11.5 Å². The minimum absolute atomic E-state index is 0.137. The second kappa shape index (κ2) is 8.32. The second-order valence-corrected chi connectivity index (χ2v) is 8.13. The van der Waals surface area contributed by atoms with E-state index in [1.807, 2.05) is 37.3 Å². The Labute approximate surface area is 183 Å². The molecule has 3 aromatic carbocycles. The minimum Gasteiger partial charge on any atom is -0.507 e. The van der Waals surface area contributed by atoms with Crippen molar-refractivity contribution in [2.45, 2.75) is 19.4 Å². The van der Waals surface area contributed by atoms with Gasteiger partial charge in [0.2, 0.25) is 0 Å². The molecule has 1 N–H and O–H groups in total. The van der Waals surface area contributed by atoms with Crippen LogP contribution in [0.15, 0.2) is 76.3 Å². The van der Waals surface area contributed by atoms with Crippen LogP contribution in [0.3, 0.4) is 0 Å². The fraction of sp³-hybridized carbons (Fsp3) is 0.167. The molecule has 30 heavy (non-hydrogen) atoms. The third-order valence-electron chi connectivity index (χ3n) is 5.19. The molecule has 3 aromatic rings. The van der Waals surface area contributed by atoms with Crippen LogP contribution < -0.4 is 4.74 Å². The number of phenolic OH excluding ortho intramolecular Hbond substituents is 1. The molecule has 0 bridgehead atoms. The summed E-state index contributed by atoms with van der Waals surface area (Å²) < 4.78 is 6.03. The Balaban J connectivity index is 1.74. The van der Waals surface area contributed by atoms with Crippen molar-refractivity contribution < 1.29 is 14.6 Å². The van der Waals surface area contributed by atoms with Gasteiger partial charge in [-0.2, -0.15) is 5.10 Å². The van der Waals surface area contributed by atoms with Gasteiger partial charge in [-0.15, -0.1) is 0 Å². The van der Waals surface area contributed by atoms with Crippen LogP contribution in [0, 0.1) is 6.92 Å². The van der Waals surface area contributed by atoms with Gasteiger partial charge in [-0.05, 0) is 55.0 Å². The summed E-state index contributed by atoms with van der Waals surface area (Å²) in [5.41, 5.74) is 3.95. The monoisotopic (exact) mass is 464 g/mol. The van der Waals surface area contributed by atoms with Crippen molar-refractivity contribution in [1.29, 1.82) is 0 Å². The zero-order valence-corrected chi connectivity index (χ0v) is 18.3. The van der Waals surface area contributed by atoms with Crippen molar-refractivity contribution in [1.82, 2.24) is 5.01 Å². The fourth-order valence-electron chi connectivity index (χ4n) is 3.51. The summed E-state index contributed by atoms with van der Waals surface area (Å²) in [6.45, 7) is 2.03.